The van der Waals surface area contributed by atoms with Crippen LogP contribution in [0.1, 0.15) is 418 Å². The van der Waals surface area contributed by atoms with Crippen LogP contribution >= 0.6 is 0 Å². The normalized spacial score (nSPS) is 12.6. The number of ether oxygens (including phenoxy) is 4. The van der Waals surface area contributed by atoms with E-state index in [1.165, 1.54) is 353 Å². The second-order valence-corrected chi connectivity index (χ2v) is 28.4. The minimum atomic E-state index is -1.51. The first-order valence-electron chi connectivity index (χ1n) is 39.4. The third-order valence-corrected chi connectivity index (χ3v) is 18.3. The Hall–Kier alpha value is -1.97. The topological polar surface area (TPSA) is 108 Å². The molecular formula is C79H154NO8+. The largest absolute Gasteiger partial charge is 0.477 e. The molecular weight excluding hydrogens is 1090 g/mol. The predicted molar refractivity (Wildman–Crippen MR) is 378 cm³/mol. The van der Waals surface area contributed by atoms with Crippen LogP contribution in [0.5, 0.6) is 0 Å². The summed E-state index contributed by atoms with van der Waals surface area (Å²) in [4.78, 5) is 37.7. The average Bonchev–Trinajstić information content (AvgIpc) is 3.54. The van der Waals surface area contributed by atoms with Crippen molar-refractivity contribution in [2.45, 2.75) is 431 Å². The lowest BCUT2D eigenvalue weighted by Gasteiger charge is -2.25. The number of hydrogen-bond acceptors (Lipinski definition) is 7. The van der Waals surface area contributed by atoms with Crippen LogP contribution in [0, 0.1) is 0 Å². The highest BCUT2D eigenvalue weighted by atomic mass is 16.7. The number of carbonyl (C=O) groups is 3. The van der Waals surface area contributed by atoms with Gasteiger partial charge in [0.2, 0.25) is 0 Å². The third-order valence-electron chi connectivity index (χ3n) is 18.3. The Morgan fingerprint density at radius 1 is 0.330 bits per heavy atom. The molecule has 0 fully saturated rings. The quantitative estimate of drug-likeness (QED) is 0.0211. The molecule has 0 heterocycles. The molecule has 0 aromatic heterocycles. The maximum absolute atomic E-state index is 13.0. The molecule has 9 nitrogen and oxygen atoms in total. The second-order valence-electron chi connectivity index (χ2n) is 28.4. The zero-order chi connectivity index (χ0) is 64.0. The summed E-state index contributed by atoms with van der Waals surface area (Å²) in [6.45, 7) is 4.97. The number of unbranched alkanes of at least 4 members (excludes halogenated alkanes) is 58. The average molecular weight is 1250 g/mol. The number of likely N-dealkylation sites (N-methyl/N-ethyl adjacent to an activating group) is 1. The van der Waals surface area contributed by atoms with Gasteiger partial charge < -0.3 is 28.5 Å². The molecule has 2 unspecified atom stereocenters. The molecule has 0 aliphatic rings. The van der Waals surface area contributed by atoms with Crippen molar-refractivity contribution >= 4 is 17.9 Å². The number of nitrogens with zero attached hydrogens (tertiary/aromatic N) is 1. The van der Waals surface area contributed by atoms with Crippen molar-refractivity contribution in [3.8, 4) is 0 Å². The molecule has 0 aliphatic heterocycles. The molecule has 0 rings (SSSR count). The Labute approximate surface area is 548 Å². The molecule has 0 aromatic carbocycles. The van der Waals surface area contributed by atoms with Gasteiger partial charge in [0.05, 0.1) is 34.4 Å². The van der Waals surface area contributed by atoms with E-state index < -0.39 is 18.4 Å². The van der Waals surface area contributed by atoms with E-state index in [4.69, 9.17) is 18.9 Å². The third kappa shape index (κ3) is 71.5. The van der Waals surface area contributed by atoms with Crippen molar-refractivity contribution in [2.75, 3.05) is 47.5 Å². The number of quaternary nitrogens is 1. The summed E-state index contributed by atoms with van der Waals surface area (Å²) in [6, 6.07) is 0. The van der Waals surface area contributed by atoms with Crippen molar-refractivity contribution in [2.24, 2.45) is 0 Å². The molecule has 0 saturated carbocycles. The summed E-state index contributed by atoms with van der Waals surface area (Å²) < 4.78 is 23.1. The Bertz CT molecular complexity index is 1450. The van der Waals surface area contributed by atoms with Gasteiger partial charge >= 0.3 is 17.9 Å². The smallest absolute Gasteiger partial charge is 0.361 e. The maximum atomic E-state index is 13.0. The van der Waals surface area contributed by atoms with Gasteiger partial charge in [0.25, 0.3) is 6.29 Å². The van der Waals surface area contributed by atoms with Crippen LogP contribution < -0.4 is 0 Å². The van der Waals surface area contributed by atoms with Crippen LogP contribution in [0.2, 0.25) is 0 Å². The van der Waals surface area contributed by atoms with Crippen LogP contribution in [-0.2, 0) is 33.3 Å². The van der Waals surface area contributed by atoms with Gasteiger partial charge in [0.1, 0.15) is 13.2 Å². The number of carboxylic acid groups (broad SMARTS) is 1. The second kappa shape index (κ2) is 70.9. The number of rotatable bonds is 75. The van der Waals surface area contributed by atoms with E-state index in [2.05, 4.69) is 26.0 Å². The zero-order valence-electron chi connectivity index (χ0n) is 59.9. The summed E-state index contributed by atoms with van der Waals surface area (Å²) >= 11 is 0. The van der Waals surface area contributed by atoms with E-state index in [1.54, 1.807) is 0 Å². The van der Waals surface area contributed by atoms with Gasteiger partial charge in [-0.1, -0.05) is 379 Å². The van der Waals surface area contributed by atoms with Crippen LogP contribution in [0.25, 0.3) is 0 Å². The zero-order valence-corrected chi connectivity index (χ0v) is 59.9. The maximum Gasteiger partial charge on any atom is 0.361 e. The predicted octanol–water partition coefficient (Wildman–Crippen LogP) is 24.8. The first kappa shape index (κ1) is 86.0. The molecule has 1 N–H and O–H groups in total. The van der Waals surface area contributed by atoms with Gasteiger partial charge in [-0.05, 0) is 38.5 Å². The van der Waals surface area contributed by atoms with Gasteiger partial charge in [-0.2, -0.15) is 0 Å². The van der Waals surface area contributed by atoms with E-state index in [1.807, 2.05) is 21.1 Å². The fourth-order valence-electron chi connectivity index (χ4n) is 12.3. The minimum Gasteiger partial charge on any atom is -0.477 e. The first-order valence-corrected chi connectivity index (χ1v) is 39.4. The fourth-order valence-corrected chi connectivity index (χ4v) is 12.3. The van der Waals surface area contributed by atoms with Gasteiger partial charge in [0.15, 0.2) is 6.10 Å². The number of esters is 2. The van der Waals surface area contributed by atoms with Crippen molar-refractivity contribution in [1.29, 1.82) is 0 Å². The van der Waals surface area contributed by atoms with Crippen molar-refractivity contribution < 1.29 is 42.9 Å². The van der Waals surface area contributed by atoms with E-state index >= 15 is 0 Å². The van der Waals surface area contributed by atoms with Crippen LogP contribution in [-0.4, -0.2) is 87.4 Å². The minimum absolute atomic E-state index is 0.173. The Balaban J connectivity index is 3.97. The molecule has 0 aromatic rings. The lowest BCUT2D eigenvalue weighted by molar-refractivity contribution is -0.870. The van der Waals surface area contributed by atoms with E-state index in [9.17, 15) is 19.5 Å². The van der Waals surface area contributed by atoms with Gasteiger partial charge in [-0.15, -0.1) is 0 Å². The number of aliphatic carboxylic acids is 1. The highest BCUT2D eigenvalue weighted by Crippen LogP contribution is 2.20. The molecule has 522 valence electrons. The van der Waals surface area contributed by atoms with Crippen molar-refractivity contribution in [3.05, 3.63) is 12.2 Å². The monoisotopic (exact) mass is 1250 g/mol. The van der Waals surface area contributed by atoms with Gasteiger partial charge in [-0.3, -0.25) is 9.59 Å². The highest BCUT2D eigenvalue weighted by molar-refractivity contribution is 5.71. The van der Waals surface area contributed by atoms with E-state index in [-0.39, 0.29) is 38.2 Å². The molecule has 9 heteroatoms. The number of carbonyl (C=O) groups excluding carboxylic acids is 2. The van der Waals surface area contributed by atoms with Gasteiger partial charge in [0, 0.05) is 12.8 Å². The number of carboxylic acids is 1. The summed E-state index contributed by atoms with van der Waals surface area (Å²) in [6.07, 6.45) is 85.1. The van der Waals surface area contributed by atoms with E-state index in [0.29, 0.717) is 17.4 Å². The van der Waals surface area contributed by atoms with Crippen molar-refractivity contribution in [3.63, 3.8) is 0 Å². The van der Waals surface area contributed by atoms with Crippen LogP contribution in [0.4, 0.5) is 0 Å². The summed E-state index contributed by atoms with van der Waals surface area (Å²) in [7, 11) is 6.00. The van der Waals surface area contributed by atoms with Crippen LogP contribution in [0.3, 0.4) is 0 Å². The fraction of sp³-hybridized carbons (Fsp3) is 0.937. The van der Waals surface area contributed by atoms with Crippen molar-refractivity contribution in [1.82, 2.24) is 0 Å². The molecule has 2 atom stereocenters. The lowest BCUT2D eigenvalue weighted by Crippen LogP contribution is -2.40. The molecule has 0 bridgehead atoms. The highest BCUT2D eigenvalue weighted by Gasteiger charge is 2.25. The molecule has 0 saturated heterocycles. The van der Waals surface area contributed by atoms with Crippen LogP contribution in [0.15, 0.2) is 12.2 Å². The Morgan fingerprint density at radius 3 is 0.841 bits per heavy atom. The lowest BCUT2D eigenvalue weighted by atomic mass is 10.0. The standard InChI is InChI=1S/C79H153NO8/c1-6-8-10-12-14-16-18-20-22-24-26-28-30-32-34-36-37-38-39-40-42-43-45-47-49-51-53-55-57-59-61-63-65-67-69-76(81)86-73-75(74-87-79(78(83)84)85-72-71-80(3,4)5)88-77(82)70-68-66-64-62-60-58-56-54-52-50-48-46-44-41-35-33-31-29-27-25-23-21-19-17-15-13-11-9-7-2/h25,27,75,79H,6-24,26,28-74H2,1-5H3/p+1/b27-25-. The summed E-state index contributed by atoms with van der Waals surface area (Å²) in [5.41, 5.74) is 0. The molecule has 0 radical (unpaired) electrons. The molecule has 0 amide bonds. The Morgan fingerprint density at radius 2 is 0.580 bits per heavy atom. The number of hydrogen-bond donors (Lipinski definition) is 1. The van der Waals surface area contributed by atoms with E-state index in [0.717, 1.165) is 38.5 Å². The number of allylic oxidation sites excluding steroid dienone is 2. The van der Waals surface area contributed by atoms with Gasteiger partial charge in [-0.25, -0.2) is 4.79 Å². The Kier molecular flexibility index (Phi) is 69.3. The molecule has 88 heavy (non-hydrogen) atoms. The molecule has 0 aliphatic carbocycles. The first-order chi connectivity index (χ1) is 43.1. The SMILES string of the molecule is CCCCCCCCCC/C=C\CCCCCCCCCCCCCCCCCCCC(=O)OC(COC(=O)CCCCCCCCCCCCCCCCCCCCCCCCCCCCCCCCCCCC)COC(OCC[N+](C)(C)C)C(=O)O. The summed E-state index contributed by atoms with van der Waals surface area (Å²) in [5.74, 6) is -1.97. The summed E-state index contributed by atoms with van der Waals surface area (Å²) in [5, 5.41) is 9.77. The molecule has 0 spiro atoms.